The van der Waals surface area contributed by atoms with Gasteiger partial charge in [0.15, 0.2) is 5.01 Å². The van der Waals surface area contributed by atoms with Crippen LogP contribution in [0.2, 0.25) is 0 Å². The molecule has 0 aliphatic carbocycles. The smallest absolute Gasteiger partial charge is 0.286 e. The Balaban J connectivity index is 1.32. The zero-order chi connectivity index (χ0) is 22.3. The largest absolute Gasteiger partial charge is 0.486 e. The number of carbonyl (C=O) groups excluding carboxylic acids is 2. The Kier molecular flexibility index (Phi) is 7.08. The SMILES string of the molecule is Cc1ccccc1OCc1nnc(C(=O)Nc2cccc(C(=O)NCC3CCCO3)c2)s1. The first-order valence-electron chi connectivity index (χ1n) is 10.4. The average molecular weight is 453 g/mol. The lowest BCUT2D eigenvalue weighted by atomic mass is 10.1. The highest BCUT2D eigenvalue weighted by atomic mass is 32.1. The van der Waals surface area contributed by atoms with Gasteiger partial charge in [0, 0.05) is 24.4 Å². The number of carbonyl (C=O) groups is 2. The van der Waals surface area contributed by atoms with Crippen molar-refractivity contribution in [3.8, 4) is 5.75 Å². The van der Waals surface area contributed by atoms with Crippen LogP contribution in [0.4, 0.5) is 5.69 Å². The average Bonchev–Trinajstić information content (AvgIpc) is 3.49. The predicted molar refractivity (Wildman–Crippen MR) is 121 cm³/mol. The maximum atomic E-state index is 12.6. The van der Waals surface area contributed by atoms with Gasteiger partial charge in [-0.05, 0) is 49.6 Å². The lowest BCUT2D eigenvalue weighted by molar-refractivity contribution is 0.0857. The lowest BCUT2D eigenvalue weighted by Crippen LogP contribution is -2.31. The predicted octanol–water partition coefficient (Wildman–Crippen LogP) is 3.59. The highest BCUT2D eigenvalue weighted by Gasteiger charge is 2.18. The van der Waals surface area contributed by atoms with E-state index in [1.807, 2.05) is 31.2 Å². The van der Waals surface area contributed by atoms with Gasteiger partial charge in [-0.3, -0.25) is 9.59 Å². The number of nitrogens with zero attached hydrogens (tertiary/aromatic N) is 2. The Bertz CT molecular complexity index is 1090. The lowest BCUT2D eigenvalue weighted by Gasteiger charge is -2.11. The molecule has 2 heterocycles. The second-order valence-corrected chi connectivity index (χ2v) is 8.50. The fraction of sp³-hybridized carbons (Fsp3) is 0.304. The van der Waals surface area contributed by atoms with E-state index in [0.29, 0.717) is 22.8 Å². The van der Waals surface area contributed by atoms with Crippen LogP contribution in [-0.2, 0) is 11.3 Å². The number of aryl methyl sites for hydroxylation is 1. The number of amides is 2. The van der Waals surface area contributed by atoms with Gasteiger partial charge in [-0.2, -0.15) is 0 Å². The molecule has 1 aliphatic rings. The highest BCUT2D eigenvalue weighted by Crippen LogP contribution is 2.20. The third kappa shape index (κ3) is 5.68. The normalized spacial score (nSPS) is 15.3. The van der Waals surface area contributed by atoms with E-state index in [1.54, 1.807) is 24.3 Å². The van der Waals surface area contributed by atoms with Gasteiger partial charge in [-0.1, -0.05) is 35.6 Å². The van der Waals surface area contributed by atoms with Crippen LogP contribution in [0.25, 0.3) is 0 Å². The van der Waals surface area contributed by atoms with Crippen LogP contribution in [0, 0.1) is 6.92 Å². The quantitative estimate of drug-likeness (QED) is 0.542. The number of nitrogens with one attached hydrogen (secondary N) is 2. The number of ether oxygens (including phenoxy) is 2. The van der Waals surface area contributed by atoms with Crippen molar-refractivity contribution in [1.29, 1.82) is 0 Å². The first-order valence-corrected chi connectivity index (χ1v) is 11.2. The number of hydrogen-bond acceptors (Lipinski definition) is 7. The minimum absolute atomic E-state index is 0.0724. The van der Waals surface area contributed by atoms with Crippen molar-refractivity contribution < 1.29 is 19.1 Å². The highest BCUT2D eigenvalue weighted by molar-refractivity contribution is 7.13. The van der Waals surface area contributed by atoms with Gasteiger partial charge in [-0.15, -0.1) is 10.2 Å². The van der Waals surface area contributed by atoms with Crippen LogP contribution in [-0.4, -0.2) is 41.3 Å². The van der Waals surface area contributed by atoms with E-state index in [2.05, 4.69) is 20.8 Å². The minimum Gasteiger partial charge on any atom is -0.486 e. The molecule has 4 rings (SSSR count). The monoisotopic (exact) mass is 452 g/mol. The van der Waals surface area contributed by atoms with Gasteiger partial charge >= 0.3 is 0 Å². The first-order chi connectivity index (χ1) is 15.6. The molecule has 9 heteroatoms. The summed E-state index contributed by atoms with van der Waals surface area (Å²) in [6.07, 6.45) is 2.05. The standard InChI is InChI=1S/C23H24N4O4S/c1-15-6-2-3-10-19(15)31-14-20-26-27-23(32-20)22(29)25-17-8-4-7-16(12-17)21(28)24-13-18-9-5-11-30-18/h2-4,6-8,10,12,18H,5,9,11,13-14H2,1H3,(H,24,28)(H,25,29). The molecule has 8 nitrogen and oxygen atoms in total. The third-order valence-corrected chi connectivity index (χ3v) is 5.90. The zero-order valence-corrected chi connectivity index (χ0v) is 18.5. The molecule has 0 bridgehead atoms. The van der Waals surface area contributed by atoms with Gasteiger partial charge < -0.3 is 20.1 Å². The van der Waals surface area contributed by atoms with E-state index in [9.17, 15) is 9.59 Å². The van der Waals surface area contributed by atoms with E-state index in [0.717, 1.165) is 30.8 Å². The number of hydrogen-bond donors (Lipinski definition) is 2. The summed E-state index contributed by atoms with van der Waals surface area (Å²) in [5.41, 5.74) is 1.99. The fourth-order valence-electron chi connectivity index (χ4n) is 3.30. The molecule has 0 spiro atoms. The van der Waals surface area contributed by atoms with E-state index >= 15 is 0 Å². The third-order valence-electron chi connectivity index (χ3n) is 5.00. The number of para-hydroxylation sites is 1. The van der Waals surface area contributed by atoms with Crippen molar-refractivity contribution in [2.75, 3.05) is 18.5 Å². The molecule has 1 aromatic heterocycles. The number of aromatic nitrogens is 2. The Hall–Kier alpha value is -3.30. The van der Waals surface area contributed by atoms with Gasteiger partial charge in [0.05, 0.1) is 6.10 Å². The minimum atomic E-state index is -0.387. The van der Waals surface area contributed by atoms with Crippen molar-refractivity contribution in [3.05, 3.63) is 69.7 Å². The van der Waals surface area contributed by atoms with E-state index < -0.39 is 0 Å². The summed E-state index contributed by atoms with van der Waals surface area (Å²) < 4.78 is 11.3. The molecule has 1 unspecified atom stereocenters. The molecule has 1 atom stereocenters. The van der Waals surface area contributed by atoms with Crippen LogP contribution < -0.4 is 15.4 Å². The molecule has 32 heavy (non-hydrogen) atoms. The van der Waals surface area contributed by atoms with Crippen molar-refractivity contribution in [3.63, 3.8) is 0 Å². The number of rotatable bonds is 8. The Morgan fingerprint density at radius 3 is 2.84 bits per heavy atom. The van der Waals surface area contributed by atoms with Crippen molar-refractivity contribution in [1.82, 2.24) is 15.5 Å². The summed E-state index contributed by atoms with van der Waals surface area (Å²) in [5.74, 6) is 0.174. The van der Waals surface area contributed by atoms with E-state index in [1.165, 1.54) is 11.3 Å². The van der Waals surface area contributed by atoms with Crippen LogP contribution >= 0.6 is 11.3 Å². The summed E-state index contributed by atoms with van der Waals surface area (Å²) in [6.45, 7) is 3.42. The van der Waals surface area contributed by atoms with Gasteiger partial charge in [0.25, 0.3) is 11.8 Å². The summed E-state index contributed by atoms with van der Waals surface area (Å²) in [7, 11) is 0. The molecule has 1 saturated heterocycles. The number of anilines is 1. The summed E-state index contributed by atoms with van der Waals surface area (Å²) >= 11 is 1.17. The van der Waals surface area contributed by atoms with Gasteiger partial charge in [0.2, 0.25) is 5.01 Å². The maximum absolute atomic E-state index is 12.6. The molecule has 2 amide bonds. The molecular weight excluding hydrogens is 428 g/mol. The van der Waals surface area contributed by atoms with Crippen molar-refractivity contribution in [2.24, 2.45) is 0 Å². The Morgan fingerprint density at radius 1 is 1.16 bits per heavy atom. The molecule has 0 radical (unpaired) electrons. The Labute approximate surface area is 190 Å². The van der Waals surface area contributed by atoms with Crippen LogP contribution in [0.5, 0.6) is 5.75 Å². The van der Waals surface area contributed by atoms with Crippen LogP contribution in [0.1, 0.15) is 43.6 Å². The molecule has 0 saturated carbocycles. The molecule has 1 aliphatic heterocycles. The van der Waals surface area contributed by atoms with Gasteiger partial charge in [-0.25, -0.2) is 0 Å². The van der Waals surface area contributed by atoms with Crippen molar-refractivity contribution in [2.45, 2.75) is 32.5 Å². The molecule has 2 aromatic carbocycles. The fourth-order valence-corrected chi connectivity index (χ4v) is 3.95. The van der Waals surface area contributed by atoms with E-state index in [4.69, 9.17) is 9.47 Å². The Morgan fingerprint density at radius 2 is 2.03 bits per heavy atom. The summed E-state index contributed by atoms with van der Waals surface area (Å²) in [6, 6.07) is 14.5. The zero-order valence-electron chi connectivity index (χ0n) is 17.7. The summed E-state index contributed by atoms with van der Waals surface area (Å²) in [4.78, 5) is 25.0. The summed E-state index contributed by atoms with van der Waals surface area (Å²) in [5, 5.41) is 14.5. The second-order valence-electron chi connectivity index (χ2n) is 7.44. The second kappa shape index (κ2) is 10.3. The number of benzene rings is 2. The van der Waals surface area contributed by atoms with Crippen LogP contribution in [0.3, 0.4) is 0 Å². The molecular formula is C23H24N4O4S. The molecule has 1 fully saturated rings. The van der Waals surface area contributed by atoms with Crippen molar-refractivity contribution >= 4 is 28.8 Å². The topological polar surface area (TPSA) is 102 Å². The maximum Gasteiger partial charge on any atom is 0.286 e. The molecule has 3 aromatic rings. The molecule has 2 N–H and O–H groups in total. The first kappa shape index (κ1) is 21.9. The van der Waals surface area contributed by atoms with E-state index in [-0.39, 0.29) is 29.5 Å². The molecule has 166 valence electrons. The van der Waals surface area contributed by atoms with Gasteiger partial charge in [0.1, 0.15) is 12.4 Å². The van der Waals surface area contributed by atoms with Crippen LogP contribution in [0.15, 0.2) is 48.5 Å².